The van der Waals surface area contributed by atoms with Gasteiger partial charge in [0.05, 0.1) is 35.7 Å². The summed E-state index contributed by atoms with van der Waals surface area (Å²) in [4.78, 5) is 37.4. The summed E-state index contributed by atoms with van der Waals surface area (Å²) in [5.74, 6) is 3.25. The Labute approximate surface area is 236 Å². The van der Waals surface area contributed by atoms with E-state index in [-0.39, 0.29) is 11.9 Å². The molecule has 0 saturated carbocycles. The molecule has 11 heteroatoms. The van der Waals surface area contributed by atoms with Crippen molar-refractivity contribution in [3.63, 3.8) is 0 Å². The topological polar surface area (TPSA) is 121 Å². The highest BCUT2D eigenvalue weighted by molar-refractivity contribution is 5.89. The van der Waals surface area contributed by atoms with E-state index in [2.05, 4.69) is 36.7 Å². The molecular weight excluding hydrogens is 520 g/mol. The van der Waals surface area contributed by atoms with Crippen molar-refractivity contribution >= 4 is 45.3 Å². The highest BCUT2D eigenvalue weighted by Gasteiger charge is 2.27. The summed E-state index contributed by atoms with van der Waals surface area (Å²) in [5, 5.41) is 3.40. The van der Waals surface area contributed by atoms with E-state index in [9.17, 15) is 4.79 Å². The number of anilines is 3. The summed E-state index contributed by atoms with van der Waals surface area (Å²) >= 11 is 0. The molecule has 5 aromatic rings. The summed E-state index contributed by atoms with van der Waals surface area (Å²) in [6.45, 7) is 9.55. The quantitative estimate of drug-likeness (QED) is 0.270. The average molecular weight is 551 g/mol. The SMILES string of the molecule is C=CC(=O)N1CCN(c2ccc3ncnc(Nc4cc(C)c(Oc5ccc6nc[nH]c6c5)cc4OC)c3n2)C[C@H]1C. The van der Waals surface area contributed by atoms with Gasteiger partial charge < -0.3 is 29.6 Å². The van der Waals surface area contributed by atoms with E-state index in [0.29, 0.717) is 53.7 Å². The Morgan fingerprint density at radius 2 is 1.95 bits per heavy atom. The predicted octanol–water partition coefficient (Wildman–Crippen LogP) is 4.98. The van der Waals surface area contributed by atoms with Gasteiger partial charge in [0.1, 0.15) is 34.9 Å². The number of piperazine rings is 1. The van der Waals surface area contributed by atoms with E-state index in [4.69, 9.17) is 14.5 Å². The molecule has 6 rings (SSSR count). The fourth-order valence-electron chi connectivity index (χ4n) is 5.09. The average Bonchev–Trinajstić information content (AvgIpc) is 3.46. The third-order valence-electron chi connectivity index (χ3n) is 7.25. The number of nitrogens with one attached hydrogen (secondary N) is 2. The number of hydrogen-bond acceptors (Lipinski definition) is 9. The minimum absolute atomic E-state index is 0.0331. The number of nitrogens with zero attached hydrogens (tertiary/aromatic N) is 6. The van der Waals surface area contributed by atoms with Crippen molar-refractivity contribution in [1.82, 2.24) is 29.8 Å². The van der Waals surface area contributed by atoms with Gasteiger partial charge >= 0.3 is 0 Å². The van der Waals surface area contributed by atoms with Gasteiger partial charge in [-0.1, -0.05) is 6.58 Å². The van der Waals surface area contributed by atoms with Crippen molar-refractivity contribution in [2.75, 3.05) is 37.0 Å². The molecule has 0 unspecified atom stereocenters. The lowest BCUT2D eigenvalue weighted by Crippen LogP contribution is -2.53. The Morgan fingerprint density at radius 3 is 2.76 bits per heavy atom. The molecule has 2 N–H and O–H groups in total. The second-order valence-corrected chi connectivity index (χ2v) is 9.92. The summed E-state index contributed by atoms with van der Waals surface area (Å²) in [6.07, 6.45) is 4.53. The second kappa shape index (κ2) is 10.8. The van der Waals surface area contributed by atoms with E-state index in [1.165, 1.54) is 12.4 Å². The number of hydrogen-bond donors (Lipinski definition) is 2. The van der Waals surface area contributed by atoms with Crippen LogP contribution in [-0.2, 0) is 4.79 Å². The Balaban J connectivity index is 1.27. The highest BCUT2D eigenvalue weighted by Crippen LogP contribution is 2.37. The molecule has 3 aromatic heterocycles. The van der Waals surface area contributed by atoms with Crippen LogP contribution >= 0.6 is 0 Å². The van der Waals surface area contributed by atoms with Crippen LogP contribution in [-0.4, -0.2) is 68.5 Å². The van der Waals surface area contributed by atoms with E-state index in [0.717, 1.165) is 28.1 Å². The number of fused-ring (bicyclic) bond motifs is 2. The van der Waals surface area contributed by atoms with Gasteiger partial charge in [-0.3, -0.25) is 4.79 Å². The molecular formula is C30H30N8O3. The lowest BCUT2D eigenvalue weighted by molar-refractivity contribution is -0.128. The minimum atomic E-state index is -0.0527. The van der Waals surface area contributed by atoms with E-state index < -0.39 is 0 Å². The van der Waals surface area contributed by atoms with Gasteiger partial charge in [-0.2, -0.15) is 0 Å². The number of ether oxygens (including phenoxy) is 2. The van der Waals surface area contributed by atoms with Gasteiger partial charge in [-0.25, -0.2) is 19.9 Å². The maximum atomic E-state index is 12.2. The smallest absolute Gasteiger partial charge is 0.246 e. The largest absolute Gasteiger partial charge is 0.494 e. The zero-order valence-corrected chi connectivity index (χ0v) is 23.1. The molecule has 41 heavy (non-hydrogen) atoms. The van der Waals surface area contributed by atoms with E-state index in [1.807, 2.05) is 61.2 Å². The third-order valence-corrected chi connectivity index (χ3v) is 7.25. The first kappa shape index (κ1) is 26.1. The molecule has 1 amide bonds. The number of rotatable bonds is 7. The molecule has 1 atom stereocenters. The number of H-pyrrole nitrogens is 1. The molecule has 1 aliphatic rings. The van der Waals surface area contributed by atoms with Gasteiger partial charge in [-0.05, 0) is 55.8 Å². The number of carbonyl (C=O) groups is 1. The van der Waals surface area contributed by atoms with Crippen LogP contribution in [0.3, 0.4) is 0 Å². The fraction of sp³-hybridized carbons (Fsp3) is 0.233. The van der Waals surface area contributed by atoms with E-state index >= 15 is 0 Å². The monoisotopic (exact) mass is 550 g/mol. The molecule has 11 nitrogen and oxygen atoms in total. The molecule has 1 fully saturated rings. The molecule has 1 aliphatic heterocycles. The lowest BCUT2D eigenvalue weighted by Gasteiger charge is -2.40. The third kappa shape index (κ3) is 5.09. The Kier molecular flexibility index (Phi) is 6.84. The Bertz CT molecular complexity index is 1770. The van der Waals surface area contributed by atoms with Crippen LogP contribution in [0, 0.1) is 6.92 Å². The van der Waals surface area contributed by atoms with Crippen LogP contribution in [0.5, 0.6) is 17.2 Å². The summed E-state index contributed by atoms with van der Waals surface area (Å²) in [6, 6.07) is 13.4. The summed E-state index contributed by atoms with van der Waals surface area (Å²) in [5.41, 5.74) is 4.75. The van der Waals surface area contributed by atoms with Crippen molar-refractivity contribution in [2.24, 2.45) is 0 Å². The highest BCUT2D eigenvalue weighted by atomic mass is 16.5. The van der Waals surface area contributed by atoms with Gasteiger partial charge in [0.2, 0.25) is 5.91 Å². The maximum absolute atomic E-state index is 12.2. The lowest BCUT2D eigenvalue weighted by atomic mass is 10.1. The summed E-state index contributed by atoms with van der Waals surface area (Å²) in [7, 11) is 1.61. The first-order valence-electron chi connectivity index (χ1n) is 13.3. The van der Waals surface area contributed by atoms with Gasteiger partial charge in [-0.15, -0.1) is 0 Å². The zero-order valence-electron chi connectivity index (χ0n) is 23.1. The predicted molar refractivity (Wildman–Crippen MR) is 158 cm³/mol. The van der Waals surface area contributed by atoms with Crippen LogP contribution in [0.1, 0.15) is 12.5 Å². The number of imidazole rings is 1. The molecule has 0 radical (unpaired) electrons. The minimum Gasteiger partial charge on any atom is -0.494 e. The second-order valence-electron chi connectivity index (χ2n) is 9.92. The summed E-state index contributed by atoms with van der Waals surface area (Å²) < 4.78 is 11.9. The molecule has 0 bridgehead atoms. The van der Waals surface area contributed by atoms with Crippen LogP contribution in [0.25, 0.3) is 22.1 Å². The molecule has 4 heterocycles. The number of carbonyl (C=O) groups excluding carboxylic acids is 1. The zero-order chi connectivity index (χ0) is 28.5. The number of benzene rings is 2. The van der Waals surface area contributed by atoms with Crippen molar-refractivity contribution in [2.45, 2.75) is 19.9 Å². The van der Waals surface area contributed by atoms with Crippen molar-refractivity contribution in [1.29, 1.82) is 0 Å². The van der Waals surface area contributed by atoms with Gasteiger partial charge in [0.25, 0.3) is 0 Å². The molecule has 208 valence electrons. The first-order valence-corrected chi connectivity index (χ1v) is 13.3. The standard InChI is InChI=1S/C30H30N8O3/c1-5-28(39)38-11-10-37(15-19(38)3)27-9-8-22-29(36-27)30(34-17-32-22)35-24-12-18(2)25(14-26(24)40-4)41-20-6-7-21-23(13-20)33-16-31-21/h5-9,12-14,16-17,19H,1,10-11,15H2,2-4H3,(H,31,33)(H,32,34,35)/t19-/m1/s1. The van der Waals surface area contributed by atoms with Crippen molar-refractivity contribution in [3.8, 4) is 17.2 Å². The number of pyridine rings is 1. The Morgan fingerprint density at radius 1 is 1.10 bits per heavy atom. The molecule has 1 saturated heterocycles. The van der Waals surface area contributed by atoms with Crippen molar-refractivity contribution < 1.29 is 14.3 Å². The van der Waals surface area contributed by atoms with Gasteiger partial charge in [0, 0.05) is 37.8 Å². The van der Waals surface area contributed by atoms with Gasteiger partial charge in [0.15, 0.2) is 5.82 Å². The van der Waals surface area contributed by atoms with Crippen LogP contribution in [0.15, 0.2) is 67.8 Å². The normalized spacial score (nSPS) is 15.2. The maximum Gasteiger partial charge on any atom is 0.246 e. The van der Waals surface area contributed by atoms with E-state index in [1.54, 1.807) is 13.4 Å². The van der Waals surface area contributed by atoms with Crippen LogP contribution in [0.4, 0.5) is 17.3 Å². The van der Waals surface area contributed by atoms with Crippen LogP contribution < -0.4 is 19.7 Å². The number of aromatic nitrogens is 5. The molecule has 0 aliphatic carbocycles. The molecule has 0 spiro atoms. The number of amides is 1. The van der Waals surface area contributed by atoms with Crippen molar-refractivity contribution in [3.05, 3.63) is 73.3 Å². The fourth-order valence-corrected chi connectivity index (χ4v) is 5.09. The first-order chi connectivity index (χ1) is 19.9. The number of methoxy groups -OCH3 is 1. The Hall–Kier alpha value is -5.19. The number of aryl methyl sites for hydroxylation is 1. The number of aromatic amines is 1. The van der Waals surface area contributed by atoms with Crippen LogP contribution in [0.2, 0.25) is 0 Å². The molecule has 2 aromatic carbocycles.